The molecule has 66 valence electrons. The molecule has 0 unspecified atom stereocenters. The molecule has 0 bridgehead atoms. The van der Waals surface area contributed by atoms with Crippen molar-refractivity contribution in [3.63, 3.8) is 0 Å². The van der Waals surface area contributed by atoms with Crippen molar-refractivity contribution in [2.75, 3.05) is 5.73 Å². The molecule has 1 aromatic rings. The summed E-state index contributed by atoms with van der Waals surface area (Å²) in [6.07, 6.45) is 1.43. The molecule has 0 aliphatic heterocycles. The standard InChI is InChI=1S/C6H3Cl.C2H3N3S/c7-6-3-4-1-2-5(4)6;3-2-4-1-5-6-2/h1-3H;1H,(H2,3,4,5). The van der Waals surface area contributed by atoms with Crippen molar-refractivity contribution in [3.8, 4) is 0 Å². The number of hydrogen-bond acceptors (Lipinski definition) is 4. The van der Waals surface area contributed by atoms with Crippen LogP contribution in [-0.4, -0.2) is 9.36 Å². The molecule has 3 rings (SSSR count). The summed E-state index contributed by atoms with van der Waals surface area (Å²) < 4.78 is 3.63. The average Bonchev–Trinajstić information content (AvgIpc) is 2.52. The van der Waals surface area contributed by atoms with Crippen molar-refractivity contribution >= 4 is 28.3 Å². The molecule has 1 aromatic heterocycles. The summed E-state index contributed by atoms with van der Waals surface area (Å²) in [7, 11) is 0. The number of hydrogen-bond donors (Lipinski definition) is 1. The van der Waals surface area contributed by atoms with E-state index >= 15 is 0 Å². The molecule has 0 spiro atoms. The van der Waals surface area contributed by atoms with E-state index in [2.05, 4.69) is 15.4 Å². The van der Waals surface area contributed by atoms with Crippen molar-refractivity contribution in [1.82, 2.24) is 9.36 Å². The van der Waals surface area contributed by atoms with Crippen molar-refractivity contribution in [2.24, 2.45) is 0 Å². The van der Waals surface area contributed by atoms with Gasteiger partial charge in [0.15, 0.2) is 5.13 Å². The molecule has 0 fully saturated rings. The number of nitrogen functional groups attached to an aromatic ring is 1. The number of anilines is 1. The summed E-state index contributed by atoms with van der Waals surface area (Å²) in [6.45, 7) is 0. The number of benzene rings is 1. The molecule has 13 heavy (non-hydrogen) atoms. The maximum atomic E-state index is 5.60. The van der Waals surface area contributed by atoms with E-state index in [1.807, 2.05) is 12.1 Å². The van der Waals surface area contributed by atoms with E-state index in [0.29, 0.717) is 5.13 Å². The summed E-state index contributed by atoms with van der Waals surface area (Å²) >= 11 is 6.79. The van der Waals surface area contributed by atoms with Crippen LogP contribution in [0.1, 0.15) is 0 Å². The van der Waals surface area contributed by atoms with Crippen LogP contribution in [0, 0.1) is 10.4 Å². The minimum absolute atomic E-state index is 0.523. The van der Waals surface area contributed by atoms with Crippen LogP contribution >= 0.6 is 23.1 Å². The molecular weight excluding hydrogens is 206 g/mol. The Morgan fingerprint density at radius 3 is 2.31 bits per heavy atom. The Morgan fingerprint density at radius 2 is 2.23 bits per heavy atom. The first-order chi connectivity index (χ1) is 6.27. The highest BCUT2D eigenvalue weighted by Crippen LogP contribution is 2.20. The Bertz CT molecular complexity index is 495. The molecule has 0 amide bonds. The highest BCUT2D eigenvalue weighted by molar-refractivity contribution is 7.09. The van der Waals surface area contributed by atoms with Gasteiger partial charge in [-0.3, -0.25) is 0 Å². The predicted molar refractivity (Wildman–Crippen MR) is 53.4 cm³/mol. The van der Waals surface area contributed by atoms with Crippen LogP contribution in [0.3, 0.4) is 0 Å². The molecule has 5 heteroatoms. The van der Waals surface area contributed by atoms with Crippen LogP contribution in [0.25, 0.3) is 0 Å². The van der Waals surface area contributed by atoms with Gasteiger partial charge < -0.3 is 5.73 Å². The van der Waals surface area contributed by atoms with E-state index in [4.69, 9.17) is 17.3 Å². The lowest BCUT2D eigenvalue weighted by atomic mass is 10.1. The number of halogens is 1. The van der Waals surface area contributed by atoms with Gasteiger partial charge in [0.1, 0.15) is 6.33 Å². The van der Waals surface area contributed by atoms with Crippen molar-refractivity contribution in [1.29, 1.82) is 0 Å². The van der Waals surface area contributed by atoms with Gasteiger partial charge in [0.25, 0.3) is 0 Å². The van der Waals surface area contributed by atoms with Gasteiger partial charge >= 0.3 is 0 Å². The molecule has 0 aromatic carbocycles. The maximum Gasteiger partial charge on any atom is 0.199 e. The van der Waals surface area contributed by atoms with E-state index in [1.54, 1.807) is 0 Å². The lowest BCUT2D eigenvalue weighted by Gasteiger charge is -2.01. The first-order valence-corrected chi connectivity index (χ1v) is 4.74. The van der Waals surface area contributed by atoms with Crippen LogP contribution in [0.2, 0.25) is 5.02 Å². The topological polar surface area (TPSA) is 51.8 Å². The van der Waals surface area contributed by atoms with Crippen molar-refractivity contribution in [2.45, 2.75) is 0 Å². The molecule has 1 heterocycles. The second kappa shape index (κ2) is 3.32. The lowest BCUT2D eigenvalue weighted by molar-refractivity contribution is 1.34. The van der Waals surface area contributed by atoms with E-state index in [0.717, 1.165) is 5.02 Å². The molecule has 2 aliphatic rings. The van der Waals surface area contributed by atoms with Gasteiger partial charge in [0.05, 0.1) is 0 Å². The first kappa shape index (κ1) is 8.47. The smallest absolute Gasteiger partial charge is 0.199 e. The molecule has 2 aliphatic carbocycles. The molecule has 0 saturated heterocycles. The van der Waals surface area contributed by atoms with Gasteiger partial charge in [0.2, 0.25) is 0 Å². The molecule has 0 saturated carbocycles. The Balaban J connectivity index is 0.000000102. The molecule has 0 radical (unpaired) electrons. The Hall–Kier alpha value is -1.13. The van der Waals surface area contributed by atoms with Gasteiger partial charge in [-0.05, 0) is 11.3 Å². The number of nitrogens with two attached hydrogens (primary N) is 1. The van der Waals surface area contributed by atoms with Gasteiger partial charge in [-0.2, -0.15) is 4.37 Å². The quantitative estimate of drug-likeness (QED) is 0.619. The lowest BCUT2D eigenvalue weighted by Crippen LogP contribution is -1.84. The first-order valence-electron chi connectivity index (χ1n) is 3.59. The van der Waals surface area contributed by atoms with Crippen molar-refractivity contribution < 1.29 is 0 Å². The van der Waals surface area contributed by atoms with Crippen LogP contribution in [0.4, 0.5) is 5.13 Å². The summed E-state index contributed by atoms with van der Waals surface area (Å²) in [5.41, 5.74) is 5.12. The van der Waals surface area contributed by atoms with E-state index < -0.39 is 0 Å². The molecular formula is C8H6ClN3S. The summed E-state index contributed by atoms with van der Waals surface area (Å²) in [5.74, 6) is 0. The zero-order valence-corrected chi connectivity index (χ0v) is 8.14. The minimum Gasteiger partial charge on any atom is -0.374 e. The Labute approximate surface area is 83.7 Å². The van der Waals surface area contributed by atoms with E-state index in [9.17, 15) is 0 Å². The van der Waals surface area contributed by atoms with E-state index in [1.165, 1.54) is 28.3 Å². The maximum absolute atomic E-state index is 5.60. The summed E-state index contributed by atoms with van der Waals surface area (Å²) in [4.78, 5) is 3.60. The van der Waals surface area contributed by atoms with Gasteiger partial charge in [-0.25, -0.2) is 4.98 Å². The molecule has 0 atom stereocenters. The van der Waals surface area contributed by atoms with Crippen LogP contribution in [0.5, 0.6) is 0 Å². The zero-order valence-electron chi connectivity index (χ0n) is 6.57. The SMILES string of the molecule is Clc1cc2ccc1=2.Nc1ncns1. The van der Waals surface area contributed by atoms with Crippen LogP contribution in [0.15, 0.2) is 24.5 Å². The third kappa shape index (κ3) is 1.64. The Kier molecular flexibility index (Phi) is 2.16. The second-order valence-corrected chi connectivity index (χ2v) is 3.69. The minimum atomic E-state index is 0.523. The third-order valence-corrected chi connectivity index (χ3v) is 2.46. The van der Waals surface area contributed by atoms with Gasteiger partial charge in [0, 0.05) is 21.8 Å². The second-order valence-electron chi connectivity index (χ2n) is 2.47. The van der Waals surface area contributed by atoms with Crippen LogP contribution < -0.4 is 5.73 Å². The summed E-state index contributed by atoms with van der Waals surface area (Å²) in [5, 5.41) is 3.99. The van der Waals surface area contributed by atoms with Crippen molar-refractivity contribution in [3.05, 3.63) is 40.0 Å². The normalized spacial score (nSPS) is 10.2. The number of aromatic nitrogens is 2. The fourth-order valence-electron chi connectivity index (χ4n) is 0.924. The van der Waals surface area contributed by atoms with Gasteiger partial charge in [-0.1, -0.05) is 23.7 Å². The molecule has 2 N–H and O–H groups in total. The Morgan fingerprint density at radius 1 is 1.38 bits per heavy atom. The highest BCUT2D eigenvalue weighted by Gasteiger charge is 1.99. The fraction of sp³-hybridized carbons (Fsp3) is 0. The average molecular weight is 212 g/mol. The van der Waals surface area contributed by atoms with Gasteiger partial charge in [-0.15, -0.1) is 0 Å². The van der Waals surface area contributed by atoms with Crippen LogP contribution in [-0.2, 0) is 0 Å². The number of rotatable bonds is 0. The van der Waals surface area contributed by atoms with E-state index in [-0.39, 0.29) is 0 Å². The molecule has 3 nitrogen and oxygen atoms in total. The largest absolute Gasteiger partial charge is 0.374 e. The monoisotopic (exact) mass is 211 g/mol. The number of nitrogens with zero attached hydrogens (tertiary/aromatic N) is 2. The third-order valence-electron chi connectivity index (χ3n) is 1.66. The zero-order chi connectivity index (χ0) is 9.26. The fourth-order valence-corrected chi connectivity index (χ4v) is 1.51. The predicted octanol–water partition coefficient (Wildman–Crippen LogP) is 2.06. The highest BCUT2D eigenvalue weighted by atomic mass is 35.5. The summed E-state index contributed by atoms with van der Waals surface area (Å²) in [6, 6.07) is 6.05.